The Morgan fingerprint density at radius 3 is 2.40 bits per heavy atom. The van der Waals surface area contributed by atoms with Gasteiger partial charge in [-0.15, -0.1) is 0 Å². The van der Waals surface area contributed by atoms with Crippen molar-refractivity contribution >= 4 is 52.5 Å². The Balaban J connectivity index is 1.79. The summed E-state index contributed by atoms with van der Waals surface area (Å²) in [4.78, 5) is 26.3. The summed E-state index contributed by atoms with van der Waals surface area (Å²) in [5, 5.41) is 8.54. The third-order valence-electron chi connectivity index (χ3n) is 4.85. The first-order chi connectivity index (χ1) is 14.5. The first-order valence-electron chi connectivity index (χ1n) is 9.89. The van der Waals surface area contributed by atoms with Crippen molar-refractivity contribution in [1.29, 1.82) is 0 Å². The molecule has 0 heterocycles. The van der Waals surface area contributed by atoms with Crippen LogP contribution in [0.15, 0.2) is 58.3 Å². The van der Waals surface area contributed by atoms with Gasteiger partial charge in [-0.25, -0.2) is 4.79 Å². The quantitative estimate of drug-likeness (QED) is 0.536. The van der Waals surface area contributed by atoms with Gasteiger partial charge in [-0.2, -0.15) is 0 Å². The SMILES string of the molecule is COC(=O)NC(=S)Nc1ccc(Sc2ccccc2)cc1NC(=O)C1CCCCC1. The highest BCUT2D eigenvalue weighted by molar-refractivity contribution is 7.99. The van der Waals surface area contributed by atoms with E-state index in [-0.39, 0.29) is 16.9 Å². The minimum Gasteiger partial charge on any atom is -0.453 e. The van der Waals surface area contributed by atoms with E-state index in [9.17, 15) is 9.59 Å². The van der Waals surface area contributed by atoms with Gasteiger partial charge >= 0.3 is 6.09 Å². The summed E-state index contributed by atoms with van der Waals surface area (Å²) in [6.45, 7) is 0. The van der Waals surface area contributed by atoms with Crippen LogP contribution in [-0.4, -0.2) is 24.2 Å². The summed E-state index contributed by atoms with van der Waals surface area (Å²) < 4.78 is 4.57. The number of anilines is 2. The average molecular weight is 444 g/mol. The Labute approximate surface area is 186 Å². The average Bonchev–Trinajstić information content (AvgIpc) is 2.76. The first-order valence-corrected chi connectivity index (χ1v) is 11.1. The minimum atomic E-state index is -0.656. The second-order valence-corrected chi connectivity index (χ2v) is 8.57. The third kappa shape index (κ3) is 6.47. The van der Waals surface area contributed by atoms with Gasteiger partial charge < -0.3 is 15.4 Å². The van der Waals surface area contributed by atoms with Gasteiger partial charge in [-0.05, 0) is 55.4 Å². The van der Waals surface area contributed by atoms with Crippen molar-refractivity contribution in [1.82, 2.24) is 5.32 Å². The van der Waals surface area contributed by atoms with Gasteiger partial charge in [0, 0.05) is 15.7 Å². The Morgan fingerprint density at radius 1 is 0.967 bits per heavy atom. The van der Waals surface area contributed by atoms with E-state index in [0.717, 1.165) is 35.5 Å². The van der Waals surface area contributed by atoms with Crippen molar-refractivity contribution in [3.05, 3.63) is 48.5 Å². The maximum atomic E-state index is 12.8. The highest BCUT2D eigenvalue weighted by Gasteiger charge is 2.22. The van der Waals surface area contributed by atoms with Crippen LogP contribution in [0.2, 0.25) is 0 Å². The Hall–Kier alpha value is -2.58. The maximum absolute atomic E-state index is 12.8. The molecule has 3 rings (SSSR count). The van der Waals surface area contributed by atoms with Crippen LogP contribution < -0.4 is 16.0 Å². The number of thiocarbonyl (C=S) groups is 1. The number of hydrogen-bond acceptors (Lipinski definition) is 5. The molecule has 1 fully saturated rings. The molecule has 0 unspecified atom stereocenters. The van der Waals surface area contributed by atoms with E-state index in [0.29, 0.717) is 11.4 Å². The number of hydrogen-bond donors (Lipinski definition) is 3. The number of alkyl carbamates (subject to hydrolysis) is 1. The molecular formula is C22H25N3O3S2. The lowest BCUT2D eigenvalue weighted by Crippen LogP contribution is -2.34. The molecule has 30 heavy (non-hydrogen) atoms. The van der Waals surface area contributed by atoms with Crippen molar-refractivity contribution < 1.29 is 14.3 Å². The topological polar surface area (TPSA) is 79.5 Å². The van der Waals surface area contributed by atoms with Crippen LogP contribution in [0.25, 0.3) is 0 Å². The van der Waals surface area contributed by atoms with Gasteiger partial charge in [0.05, 0.1) is 18.5 Å². The second-order valence-electron chi connectivity index (χ2n) is 7.02. The van der Waals surface area contributed by atoms with E-state index in [1.165, 1.54) is 13.5 Å². The number of carbonyl (C=O) groups excluding carboxylic acids is 2. The summed E-state index contributed by atoms with van der Waals surface area (Å²) in [5.41, 5.74) is 1.23. The molecule has 1 aliphatic rings. The monoisotopic (exact) mass is 443 g/mol. The van der Waals surface area contributed by atoms with Crippen molar-refractivity contribution in [3.8, 4) is 0 Å². The lowest BCUT2D eigenvalue weighted by atomic mass is 9.88. The van der Waals surface area contributed by atoms with Crippen molar-refractivity contribution in [3.63, 3.8) is 0 Å². The summed E-state index contributed by atoms with van der Waals surface area (Å²) in [7, 11) is 1.27. The van der Waals surface area contributed by atoms with E-state index >= 15 is 0 Å². The zero-order chi connectivity index (χ0) is 21.3. The van der Waals surface area contributed by atoms with Crippen molar-refractivity contribution in [2.75, 3.05) is 17.7 Å². The third-order valence-corrected chi connectivity index (χ3v) is 6.05. The van der Waals surface area contributed by atoms with Crippen LogP contribution in [0.3, 0.4) is 0 Å². The summed E-state index contributed by atoms with van der Waals surface area (Å²) in [5.74, 6) is 0.0450. The molecule has 0 aliphatic heterocycles. The molecule has 2 aromatic rings. The number of methoxy groups -OCH3 is 1. The number of nitrogens with one attached hydrogen (secondary N) is 3. The number of benzene rings is 2. The lowest BCUT2D eigenvalue weighted by Gasteiger charge is -2.22. The molecule has 3 N–H and O–H groups in total. The van der Waals surface area contributed by atoms with E-state index in [2.05, 4.69) is 20.7 Å². The normalized spacial score (nSPS) is 13.9. The van der Waals surface area contributed by atoms with E-state index < -0.39 is 6.09 Å². The van der Waals surface area contributed by atoms with Gasteiger partial charge in [-0.3, -0.25) is 10.1 Å². The molecular weight excluding hydrogens is 418 g/mol. The summed E-state index contributed by atoms with van der Waals surface area (Å²) in [6.07, 6.45) is 4.52. The molecule has 158 valence electrons. The van der Waals surface area contributed by atoms with Gasteiger partial charge in [0.15, 0.2) is 5.11 Å². The first kappa shape index (κ1) is 22.1. The molecule has 8 heteroatoms. The van der Waals surface area contributed by atoms with Gasteiger partial charge in [0.1, 0.15) is 0 Å². The molecule has 1 aliphatic carbocycles. The number of ether oxygens (including phenoxy) is 1. The molecule has 0 radical (unpaired) electrons. The molecule has 0 atom stereocenters. The highest BCUT2D eigenvalue weighted by atomic mass is 32.2. The fourth-order valence-electron chi connectivity index (χ4n) is 3.32. The second kappa shape index (κ2) is 11.0. The van der Waals surface area contributed by atoms with Gasteiger partial charge in [-0.1, -0.05) is 49.2 Å². The van der Waals surface area contributed by atoms with Crippen LogP contribution in [-0.2, 0) is 9.53 Å². The zero-order valence-electron chi connectivity index (χ0n) is 16.8. The predicted octanol–water partition coefficient (Wildman–Crippen LogP) is 5.41. The lowest BCUT2D eigenvalue weighted by molar-refractivity contribution is -0.120. The van der Waals surface area contributed by atoms with E-state index in [4.69, 9.17) is 12.2 Å². The molecule has 0 saturated heterocycles. The molecule has 2 amide bonds. The van der Waals surface area contributed by atoms with Crippen LogP contribution in [0.5, 0.6) is 0 Å². The standard InChI is InChI=1S/C22H25N3O3S2/c1-28-22(27)25-21(29)24-18-13-12-17(30-16-10-6-3-7-11-16)14-19(18)23-20(26)15-8-4-2-5-9-15/h3,6-7,10-15H,2,4-5,8-9H2,1H3,(H,23,26)(H2,24,25,27,29). The maximum Gasteiger partial charge on any atom is 0.413 e. The molecule has 6 nitrogen and oxygen atoms in total. The largest absolute Gasteiger partial charge is 0.453 e. The van der Waals surface area contributed by atoms with Gasteiger partial charge in [0.2, 0.25) is 5.91 Å². The van der Waals surface area contributed by atoms with Crippen molar-refractivity contribution in [2.45, 2.75) is 41.9 Å². The Kier molecular flexibility index (Phi) is 8.10. The number of amides is 2. The van der Waals surface area contributed by atoms with E-state index in [1.54, 1.807) is 11.8 Å². The van der Waals surface area contributed by atoms with E-state index in [1.807, 2.05) is 48.5 Å². The number of carbonyl (C=O) groups is 2. The summed E-state index contributed by atoms with van der Waals surface area (Å²) in [6, 6.07) is 15.7. The molecule has 0 aromatic heterocycles. The minimum absolute atomic E-state index is 0.0199. The smallest absolute Gasteiger partial charge is 0.413 e. The predicted molar refractivity (Wildman–Crippen MR) is 124 cm³/mol. The number of rotatable bonds is 5. The van der Waals surface area contributed by atoms with Gasteiger partial charge in [0.25, 0.3) is 0 Å². The van der Waals surface area contributed by atoms with Crippen LogP contribution >= 0.6 is 24.0 Å². The fraction of sp³-hybridized carbons (Fsp3) is 0.318. The van der Waals surface area contributed by atoms with Crippen molar-refractivity contribution in [2.24, 2.45) is 5.92 Å². The van der Waals surface area contributed by atoms with Crippen LogP contribution in [0.1, 0.15) is 32.1 Å². The molecule has 2 aromatic carbocycles. The molecule has 1 saturated carbocycles. The van der Waals surface area contributed by atoms with Crippen LogP contribution in [0.4, 0.5) is 16.2 Å². The fourth-order valence-corrected chi connectivity index (χ4v) is 4.39. The molecule has 0 spiro atoms. The zero-order valence-corrected chi connectivity index (χ0v) is 18.4. The Morgan fingerprint density at radius 2 is 1.70 bits per heavy atom. The van der Waals surface area contributed by atoms with Crippen LogP contribution in [0, 0.1) is 5.92 Å². The highest BCUT2D eigenvalue weighted by Crippen LogP contribution is 2.34. The Bertz CT molecular complexity index is 900. The summed E-state index contributed by atoms with van der Waals surface area (Å²) >= 11 is 6.78. The molecule has 0 bridgehead atoms.